The first-order valence-electron chi connectivity index (χ1n) is 8.28. The van der Waals surface area contributed by atoms with Gasteiger partial charge in [-0.2, -0.15) is 0 Å². The highest BCUT2D eigenvalue weighted by atomic mass is 35.5. The molecule has 25 heavy (non-hydrogen) atoms. The summed E-state index contributed by atoms with van der Waals surface area (Å²) in [5.41, 5.74) is 0.592. The van der Waals surface area contributed by atoms with Gasteiger partial charge >= 0.3 is 0 Å². The summed E-state index contributed by atoms with van der Waals surface area (Å²) in [6.45, 7) is 0.910. The van der Waals surface area contributed by atoms with Crippen molar-refractivity contribution >= 4 is 33.3 Å². The van der Waals surface area contributed by atoms with E-state index in [1.165, 1.54) is 0 Å². The minimum Gasteiger partial charge on any atom is -0.345 e. The van der Waals surface area contributed by atoms with E-state index in [1.807, 2.05) is 0 Å². The van der Waals surface area contributed by atoms with Crippen molar-refractivity contribution in [2.45, 2.75) is 18.1 Å². The standard InChI is InChI=1S/C17H21ClN2O4S/c1-19-11-12(10-16(19)21)17(22)20-7-6-15(25(23,24)9-8-20)13-4-2-3-5-14(13)18/h2-5,12,15H,6-11H2,1H3/t12-,15-/m0/s1. The molecule has 0 N–H and O–H groups in total. The van der Waals surface area contributed by atoms with E-state index in [4.69, 9.17) is 11.6 Å². The van der Waals surface area contributed by atoms with Crippen molar-refractivity contribution < 1.29 is 18.0 Å². The Hall–Kier alpha value is -1.60. The molecule has 8 heteroatoms. The number of nitrogens with zero attached hydrogens (tertiary/aromatic N) is 2. The molecule has 2 aliphatic heterocycles. The third-order valence-corrected chi connectivity index (χ3v) is 7.45. The minimum absolute atomic E-state index is 0.0465. The van der Waals surface area contributed by atoms with E-state index in [1.54, 1.807) is 41.1 Å². The highest BCUT2D eigenvalue weighted by molar-refractivity contribution is 7.91. The molecule has 3 rings (SSSR count). The minimum atomic E-state index is -3.40. The Morgan fingerprint density at radius 1 is 1.24 bits per heavy atom. The Balaban J connectivity index is 1.78. The topological polar surface area (TPSA) is 74.8 Å². The molecule has 0 radical (unpaired) electrons. The van der Waals surface area contributed by atoms with E-state index in [0.717, 1.165) is 0 Å². The molecule has 2 saturated heterocycles. The monoisotopic (exact) mass is 384 g/mol. The fourth-order valence-electron chi connectivity index (χ4n) is 3.54. The summed E-state index contributed by atoms with van der Waals surface area (Å²) in [6.07, 6.45) is 0.515. The number of hydrogen-bond donors (Lipinski definition) is 0. The number of hydrogen-bond acceptors (Lipinski definition) is 4. The molecule has 2 atom stereocenters. The van der Waals surface area contributed by atoms with Crippen LogP contribution in [0.1, 0.15) is 23.7 Å². The Labute approximate surface area is 152 Å². The van der Waals surface area contributed by atoms with Gasteiger partial charge in [0.25, 0.3) is 0 Å². The van der Waals surface area contributed by atoms with Gasteiger partial charge in [0, 0.05) is 38.1 Å². The van der Waals surface area contributed by atoms with Gasteiger partial charge in [0.2, 0.25) is 11.8 Å². The molecule has 0 unspecified atom stereocenters. The maximum atomic E-state index is 12.7. The van der Waals surface area contributed by atoms with Crippen LogP contribution in [0.15, 0.2) is 24.3 Å². The first kappa shape index (κ1) is 18.2. The molecule has 1 aromatic carbocycles. The van der Waals surface area contributed by atoms with Crippen molar-refractivity contribution in [3.63, 3.8) is 0 Å². The number of rotatable bonds is 2. The van der Waals surface area contributed by atoms with E-state index in [2.05, 4.69) is 0 Å². The lowest BCUT2D eigenvalue weighted by Gasteiger charge is -2.23. The average molecular weight is 385 g/mol. The molecule has 2 amide bonds. The van der Waals surface area contributed by atoms with Crippen molar-refractivity contribution in [3.05, 3.63) is 34.9 Å². The lowest BCUT2D eigenvalue weighted by Crippen LogP contribution is -2.39. The molecule has 0 spiro atoms. The molecule has 2 aliphatic rings. The van der Waals surface area contributed by atoms with E-state index in [9.17, 15) is 18.0 Å². The Kier molecular flexibility index (Phi) is 5.06. The molecular weight excluding hydrogens is 364 g/mol. The predicted octanol–water partition coefficient (Wildman–Crippen LogP) is 1.51. The zero-order valence-electron chi connectivity index (χ0n) is 14.0. The van der Waals surface area contributed by atoms with Crippen LogP contribution in [-0.4, -0.2) is 62.5 Å². The van der Waals surface area contributed by atoms with Gasteiger partial charge in [-0.1, -0.05) is 29.8 Å². The zero-order chi connectivity index (χ0) is 18.2. The number of sulfone groups is 1. The maximum absolute atomic E-state index is 12.7. The Morgan fingerprint density at radius 2 is 1.96 bits per heavy atom. The summed E-state index contributed by atoms with van der Waals surface area (Å²) in [7, 11) is -1.73. The van der Waals surface area contributed by atoms with Gasteiger partial charge < -0.3 is 9.80 Å². The second-order valence-corrected chi connectivity index (χ2v) is 9.38. The largest absolute Gasteiger partial charge is 0.345 e. The summed E-state index contributed by atoms with van der Waals surface area (Å²) in [5, 5.41) is -0.272. The molecule has 6 nitrogen and oxygen atoms in total. The second-order valence-electron chi connectivity index (χ2n) is 6.67. The average Bonchev–Trinajstić information content (AvgIpc) is 2.81. The molecule has 0 aromatic heterocycles. The van der Waals surface area contributed by atoms with Gasteiger partial charge in [-0.05, 0) is 18.1 Å². The van der Waals surface area contributed by atoms with E-state index < -0.39 is 15.1 Å². The summed E-state index contributed by atoms with van der Waals surface area (Å²) in [6, 6.07) is 6.94. The van der Waals surface area contributed by atoms with Crippen LogP contribution >= 0.6 is 11.6 Å². The van der Waals surface area contributed by atoms with Crippen LogP contribution in [0.25, 0.3) is 0 Å². The number of carbonyl (C=O) groups is 2. The molecule has 0 aliphatic carbocycles. The molecule has 0 bridgehead atoms. The third kappa shape index (κ3) is 3.67. The van der Waals surface area contributed by atoms with Crippen LogP contribution in [0.3, 0.4) is 0 Å². The fourth-order valence-corrected chi connectivity index (χ4v) is 5.69. The van der Waals surface area contributed by atoms with Crippen LogP contribution in [0.4, 0.5) is 0 Å². The summed E-state index contributed by atoms with van der Waals surface area (Å²) in [5.74, 6) is -0.648. The first-order chi connectivity index (χ1) is 11.8. The SMILES string of the molecule is CN1C[C@@H](C(=O)N2CC[C@@H](c3ccccc3Cl)S(=O)(=O)CC2)CC1=O. The summed E-state index contributed by atoms with van der Waals surface area (Å²) >= 11 is 6.18. The quantitative estimate of drug-likeness (QED) is 0.774. The number of carbonyl (C=O) groups excluding carboxylic acids is 2. The lowest BCUT2D eigenvalue weighted by molar-refractivity contribution is -0.135. The predicted molar refractivity (Wildman–Crippen MR) is 94.9 cm³/mol. The summed E-state index contributed by atoms with van der Waals surface area (Å²) in [4.78, 5) is 27.5. The molecule has 2 heterocycles. The number of halogens is 1. The zero-order valence-corrected chi connectivity index (χ0v) is 15.6. The van der Waals surface area contributed by atoms with Crippen molar-refractivity contribution in [2.24, 2.45) is 5.92 Å². The number of likely N-dealkylation sites (tertiary alicyclic amines) is 1. The number of benzene rings is 1. The van der Waals surface area contributed by atoms with Crippen LogP contribution in [0.5, 0.6) is 0 Å². The summed E-state index contributed by atoms with van der Waals surface area (Å²) < 4.78 is 25.4. The van der Waals surface area contributed by atoms with Gasteiger partial charge in [0.05, 0.1) is 16.9 Å². The van der Waals surface area contributed by atoms with E-state index >= 15 is 0 Å². The van der Waals surface area contributed by atoms with Crippen LogP contribution in [0, 0.1) is 5.92 Å². The normalized spacial score (nSPS) is 26.6. The van der Waals surface area contributed by atoms with Crippen LogP contribution in [-0.2, 0) is 19.4 Å². The van der Waals surface area contributed by atoms with Gasteiger partial charge in [0.1, 0.15) is 0 Å². The highest BCUT2D eigenvalue weighted by Crippen LogP contribution is 2.34. The lowest BCUT2D eigenvalue weighted by atomic mass is 10.1. The molecule has 136 valence electrons. The van der Waals surface area contributed by atoms with Gasteiger partial charge in [0.15, 0.2) is 9.84 Å². The fraction of sp³-hybridized carbons (Fsp3) is 0.529. The number of amides is 2. The van der Waals surface area contributed by atoms with E-state index in [0.29, 0.717) is 30.1 Å². The Morgan fingerprint density at radius 3 is 2.60 bits per heavy atom. The van der Waals surface area contributed by atoms with Crippen molar-refractivity contribution in [2.75, 3.05) is 32.4 Å². The van der Waals surface area contributed by atoms with Crippen LogP contribution in [0.2, 0.25) is 5.02 Å². The maximum Gasteiger partial charge on any atom is 0.228 e. The molecule has 1 aromatic rings. The van der Waals surface area contributed by atoms with Crippen LogP contribution < -0.4 is 0 Å². The van der Waals surface area contributed by atoms with Crippen molar-refractivity contribution in [1.82, 2.24) is 9.80 Å². The molecular formula is C17H21ClN2O4S. The van der Waals surface area contributed by atoms with Crippen molar-refractivity contribution in [3.8, 4) is 0 Å². The molecule has 2 fully saturated rings. The smallest absolute Gasteiger partial charge is 0.228 e. The Bertz CT molecular complexity index is 796. The molecule has 0 saturated carbocycles. The van der Waals surface area contributed by atoms with E-state index in [-0.39, 0.29) is 36.5 Å². The first-order valence-corrected chi connectivity index (χ1v) is 10.4. The van der Waals surface area contributed by atoms with Gasteiger partial charge in [-0.25, -0.2) is 8.42 Å². The van der Waals surface area contributed by atoms with Crippen molar-refractivity contribution in [1.29, 1.82) is 0 Å². The van der Waals surface area contributed by atoms with Gasteiger partial charge in [-0.15, -0.1) is 0 Å². The van der Waals surface area contributed by atoms with Gasteiger partial charge in [-0.3, -0.25) is 9.59 Å². The highest BCUT2D eigenvalue weighted by Gasteiger charge is 2.38. The third-order valence-electron chi connectivity index (χ3n) is 4.99. The second kappa shape index (κ2) is 6.96.